The van der Waals surface area contributed by atoms with Gasteiger partial charge < -0.3 is 15.1 Å². The Morgan fingerprint density at radius 3 is 2.27 bits per heavy atom. The maximum Gasteiger partial charge on any atom is 0.249 e. The first-order chi connectivity index (χ1) is 14.5. The van der Waals surface area contributed by atoms with Crippen molar-refractivity contribution in [3.8, 4) is 0 Å². The highest BCUT2D eigenvalue weighted by Crippen LogP contribution is 2.34. The normalized spacial score (nSPS) is 24.0. The van der Waals surface area contributed by atoms with Gasteiger partial charge in [-0.25, -0.2) is 4.39 Å². The van der Waals surface area contributed by atoms with Crippen LogP contribution in [0.5, 0.6) is 0 Å². The maximum absolute atomic E-state index is 14.8. The SMILES string of the molecule is O=CN1CCC(C2CCN(c3ccc(NC4CCC(=O)NC4=O)cc3F)CC2)CC1. The summed E-state index contributed by atoms with van der Waals surface area (Å²) in [6.07, 6.45) is 5.86. The molecule has 3 aliphatic rings. The lowest BCUT2D eigenvalue weighted by molar-refractivity contribution is -0.133. The maximum atomic E-state index is 14.8. The molecule has 8 heteroatoms. The van der Waals surface area contributed by atoms with Crippen molar-refractivity contribution in [2.75, 3.05) is 36.4 Å². The minimum atomic E-state index is -0.519. The summed E-state index contributed by atoms with van der Waals surface area (Å²) in [5, 5.41) is 5.33. The highest BCUT2D eigenvalue weighted by atomic mass is 19.1. The summed E-state index contributed by atoms with van der Waals surface area (Å²) in [5.41, 5.74) is 1.14. The molecule has 1 atom stereocenters. The average Bonchev–Trinajstić information content (AvgIpc) is 2.76. The van der Waals surface area contributed by atoms with Gasteiger partial charge in [-0.2, -0.15) is 0 Å². The number of carbonyl (C=O) groups excluding carboxylic acids is 3. The van der Waals surface area contributed by atoms with E-state index in [2.05, 4.69) is 15.5 Å². The molecule has 2 N–H and O–H groups in total. The van der Waals surface area contributed by atoms with Crippen molar-refractivity contribution < 1.29 is 18.8 Å². The van der Waals surface area contributed by atoms with Crippen LogP contribution in [0.1, 0.15) is 38.5 Å². The van der Waals surface area contributed by atoms with E-state index in [0.29, 0.717) is 29.6 Å². The van der Waals surface area contributed by atoms with Crippen LogP contribution in [0.3, 0.4) is 0 Å². The quantitative estimate of drug-likeness (QED) is 0.568. The molecule has 1 aromatic rings. The van der Waals surface area contributed by atoms with E-state index in [1.165, 1.54) is 6.07 Å². The van der Waals surface area contributed by atoms with Crippen LogP contribution in [-0.4, -0.2) is 55.3 Å². The molecule has 3 fully saturated rings. The first kappa shape index (κ1) is 20.6. The second kappa shape index (κ2) is 9.02. The van der Waals surface area contributed by atoms with Gasteiger partial charge in [0.25, 0.3) is 0 Å². The number of carbonyl (C=O) groups is 3. The third-order valence-corrected chi connectivity index (χ3v) is 6.80. The van der Waals surface area contributed by atoms with Crippen molar-refractivity contribution in [3.63, 3.8) is 0 Å². The largest absolute Gasteiger partial charge is 0.374 e. The minimum Gasteiger partial charge on any atom is -0.374 e. The minimum absolute atomic E-state index is 0.266. The van der Waals surface area contributed by atoms with Crippen molar-refractivity contribution in [2.45, 2.75) is 44.6 Å². The van der Waals surface area contributed by atoms with Crippen molar-refractivity contribution in [2.24, 2.45) is 11.8 Å². The zero-order valence-electron chi connectivity index (χ0n) is 17.1. The predicted octanol–water partition coefficient (Wildman–Crippen LogP) is 2.13. The summed E-state index contributed by atoms with van der Waals surface area (Å²) >= 11 is 0. The van der Waals surface area contributed by atoms with Crippen molar-refractivity contribution in [1.82, 2.24) is 10.2 Å². The van der Waals surface area contributed by atoms with Gasteiger partial charge in [-0.15, -0.1) is 0 Å². The highest BCUT2D eigenvalue weighted by Gasteiger charge is 2.30. The number of benzene rings is 1. The van der Waals surface area contributed by atoms with Crippen molar-refractivity contribution >= 4 is 29.6 Å². The summed E-state index contributed by atoms with van der Waals surface area (Å²) in [6.45, 7) is 3.36. The molecule has 0 spiro atoms. The van der Waals surface area contributed by atoms with Gasteiger partial charge in [0.2, 0.25) is 18.2 Å². The number of hydrogen-bond donors (Lipinski definition) is 2. The number of hydrogen-bond acceptors (Lipinski definition) is 5. The second-order valence-corrected chi connectivity index (χ2v) is 8.62. The first-order valence-corrected chi connectivity index (χ1v) is 10.9. The summed E-state index contributed by atoms with van der Waals surface area (Å²) in [5.74, 6) is 0.374. The predicted molar refractivity (Wildman–Crippen MR) is 111 cm³/mol. The monoisotopic (exact) mass is 416 g/mol. The van der Waals surface area contributed by atoms with Gasteiger partial charge in [0.1, 0.15) is 11.9 Å². The molecule has 0 saturated carbocycles. The number of amides is 3. The van der Waals surface area contributed by atoms with Crippen LogP contribution in [0.4, 0.5) is 15.8 Å². The fraction of sp³-hybridized carbons (Fsp3) is 0.591. The summed E-state index contributed by atoms with van der Waals surface area (Å²) < 4.78 is 14.8. The Labute approximate surface area is 176 Å². The number of imide groups is 1. The molecule has 30 heavy (non-hydrogen) atoms. The molecule has 0 radical (unpaired) electrons. The number of nitrogens with zero attached hydrogens (tertiary/aromatic N) is 2. The molecule has 3 heterocycles. The molecule has 3 aliphatic heterocycles. The summed E-state index contributed by atoms with van der Waals surface area (Å²) in [6, 6.07) is 4.48. The molecule has 0 aliphatic carbocycles. The van der Waals surface area contributed by atoms with E-state index in [4.69, 9.17) is 0 Å². The van der Waals surface area contributed by atoms with Gasteiger partial charge in [-0.3, -0.25) is 19.7 Å². The number of anilines is 2. The summed E-state index contributed by atoms with van der Waals surface area (Å²) in [7, 11) is 0. The van der Waals surface area contributed by atoms with Crippen molar-refractivity contribution in [3.05, 3.63) is 24.0 Å². The Balaban J connectivity index is 1.31. The zero-order chi connectivity index (χ0) is 21.1. The van der Waals surface area contributed by atoms with E-state index in [1.54, 1.807) is 12.1 Å². The fourth-order valence-corrected chi connectivity index (χ4v) is 4.99. The van der Waals surface area contributed by atoms with Gasteiger partial charge >= 0.3 is 0 Å². The van der Waals surface area contributed by atoms with Crippen molar-refractivity contribution in [1.29, 1.82) is 0 Å². The van der Waals surface area contributed by atoms with E-state index in [9.17, 15) is 18.8 Å². The van der Waals surface area contributed by atoms with E-state index in [-0.39, 0.29) is 24.1 Å². The molecule has 1 aromatic carbocycles. The zero-order valence-corrected chi connectivity index (χ0v) is 17.1. The molecule has 1 unspecified atom stereocenters. The number of nitrogens with one attached hydrogen (secondary N) is 2. The lowest BCUT2D eigenvalue weighted by atomic mass is 9.79. The molecule has 4 rings (SSSR count). The lowest BCUT2D eigenvalue weighted by Gasteiger charge is -2.40. The van der Waals surface area contributed by atoms with Crippen LogP contribution in [0.2, 0.25) is 0 Å². The fourth-order valence-electron chi connectivity index (χ4n) is 4.99. The summed E-state index contributed by atoms with van der Waals surface area (Å²) in [4.78, 5) is 38.0. The van der Waals surface area contributed by atoms with Crippen LogP contribution < -0.4 is 15.5 Å². The second-order valence-electron chi connectivity index (χ2n) is 8.62. The highest BCUT2D eigenvalue weighted by molar-refractivity contribution is 6.01. The number of piperidine rings is 3. The number of rotatable bonds is 5. The van der Waals surface area contributed by atoms with Gasteiger partial charge in [-0.05, 0) is 62.1 Å². The van der Waals surface area contributed by atoms with Gasteiger partial charge in [0.15, 0.2) is 0 Å². The molecule has 7 nitrogen and oxygen atoms in total. The van der Waals surface area contributed by atoms with Crippen LogP contribution in [-0.2, 0) is 14.4 Å². The molecule has 0 bridgehead atoms. The Bertz CT molecular complexity index is 802. The van der Waals surface area contributed by atoms with Gasteiger partial charge in [0, 0.05) is 38.3 Å². The average molecular weight is 416 g/mol. The van der Waals surface area contributed by atoms with Crippen LogP contribution in [0, 0.1) is 17.7 Å². The molecular formula is C22H29FN4O3. The van der Waals surface area contributed by atoms with E-state index in [1.807, 2.05) is 4.90 Å². The van der Waals surface area contributed by atoms with E-state index in [0.717, 1.165) is 58.3 Å². The molecule has 0 aromatic heterocycles. The third-order valence-electron chi connectivity index (χ3n) is 6.80. The first-order valence-electron chi connectivity index (χ1n) is 10.9. The van der Waals surface area contributed by atoms with E-state index < -0.39 is 6.04 Å². The molecular weight excluding hydrogens is 387 g/mol. The van der Waals surface area contributed by atoms with Crippen LogP contribution in [0.25, 0.3) is 0 Å². The Morgan fingerprint density at radius 2 is 1.67 bits per heavy atom. The van der Waals surface area contributed by atoms with Gasteiger partial charge in [-0.1, -0.05) is 0 Å². The number of likely N-dealkylation sites (tertiary alicyclic amines) is 1. The molecule has 162 valence electrons. The van der Waals surface area contributed by atoms with Crippen LogP contribution >= 0.6 is 0 Å². The molecule has 3 saturated heterocycles. The lowest BCUT2D eigenvalue weighted by Crippen LogP contribution is -2.47. The standard InChI is InChI=1S/C22H29FN4O3/c23-18-13-17(24-19-2-4-21(29)25-22(19)30)1-3-20(18)27-11-7-16(8-12-27)15-5-9-26(14-28)10-6-15/h1,3,13-16,19,24H,2,4-12H2,(H,25,29,30). The topological polar surface area (TPSA) is 81.8 Å². The Morgan fingerprint density at radius 1 is 1.00 bits per heavy atom. The Hall–Kier alpha value is -2.64. The van der Waals surface area contributed by atoms with E-state index >= 15 is 0 Å². The smallest absolute Gasteiger partial charge is 0.249 e. The third kappa shape index (κ3) is 4.57. The Kier molecular flexibility index (Phi) is 6.20. The van der Waals surface area contributed by atoms with Crippen LogP contribution in [0.15, 0.2) is 18.2 Å². The number of halogens is 1. The molecule has 3 amide bonds. The van der Waals surface area contributed by atoms with Gasteiger partial charge in [0.05, 0.1) is 5.69 Å².